The maximum atomic E-state index is 12.5. The second-order valence-electron chi connectivity index (χ2n) is 11.3. The van der Waals surface area contributed by atoms with Gasteiger partial charge in [-0.1, -0.05) is 30.3 Å². The number of aliphatic hydroxyl groups is 1. The van der Waals surface area contributed by atoms with Crippen molar-refractivity contribution in [1.82, 2.24) is 19.7 Å². The highest BCUT2D eigenvalue weighted by molar-refractivity contribution is 6.02. The molecule has 3 aromatic carbocycles. The van der Waals surface area contributed by atoms with Gasteiger partial charge in [0.05, 0.1) is 43.5 Å². The standard InChI is InChI=1S/C35H39N5O5/c1-3-44-34(42)19-25-17-23(21-43-2)7-10-33(25)45-22-32-30-18-24(27-5-4-6-29-28(27)11-13-37-35(29)36)8-9-31(30)38-40(32)26-12-14-39(20-26)15-16-41/h4-11,13,17-18,26,41H,3,12,14-16,19-22H2,1-2H3,(H2,36,37)/t26-/m0/s1. The molecule has 0 saturated carbocycles. The van der Waals surface area contributed by atoms with Crippen LogP contribution in [0.5, 0.6) is 5.75 Å². The lowest BCUT2D eigenvalue weighted by Gasteiger charge is -2.18. The van der Waals surface area contributed by atoms with Crippen molar-refractivity contribution in [3.8, 4) is 16.9 Å². The third kappa shape index (κ3) is 6.49. The van der Waals surface area contributed by atoms with E-state index >= 15 is 0 Å². The zero-order valence-electron chi connectivity index (χ0n) is 25.7. The van der Waals surface area contributed by atoms with Crippen molar-refractivity contribution in [2.75, 3.05) is 45.7 Å². The Morgan fingerprint density at radius 3 is 2.78 bits per heavy atom. The van der Waals surface area contributed by atoms with Crippen LogP contribution in [0, 0.1) is 0 Å². The fraction of sp³-hybridized carbons (Fsp3) is 0.343. The van der Waals surface area contributed by atoms with Crippen LogP contribution in [0.15, 0.2) is 66.9 Å². The number of nitrogens with zero attached hydrogens (tertiary/aromatic N) is 4. The maximum absolute atomic E-state index is 12.5. The summed E-state index contributed by atoms with van der Waals surface area (Å²) in [6, 6.07) is 20.3. The van der Waals surface area contributed by atoms with Gasteiger partial charge in [0.15, 0.2) is 0 Å². The molecule has 0 amide bonds. The summed E-state index contributed by atoms with van der Waals surface area (Å²) in [7, 11) is 1.64. The molecular formula is C35H39N5O5. The van der Waals surface area contributed by atoms with Gasteiger partial charge in [0.1, 0.15) is 18.2 Å². The largest absolute Gasteiger partial charge is 0.487 e. The summed E-state index contributed by atoms with van der Waals surface area (Å²) in [4.78, 5) is 19.0. The van der Waals surface area contributed by atoms with Crippen molar-refractivity contribution in [2.45, 2.75) is 39.0 Å². The van der Waals surface area contributed by atoms with Gasteiger partial charge in [-0.3, -0.25) is 14.4 Å². The van der Waals surface area contributed by atoms with Crippen molar-refractivity contribution in [3.05, 3.63) is 83.7 Å². The van der Waals surface area contributed by atoms with Crippen molar-refractivity contribution in [3.63, 3.8) is 0 Å². The molecule has 0 aliphatic carbocycles. The number of β-amino-alcohol motifs (C(OH)–C–C–N with tert-alkyl or cyclic N) is 1. The van der Waals surface area contributed by atoms with E-state index in [4.69, 9.17) is 25.0 Å². The lowest BCUT2D eigenvalue weighted by molar-refractivity contribution is -0.142. The Bertz CT molecular complexity index is 1820. The number of hydrogen-bond donors (Lipinski definition) is 2. The second-order valence-corrected chi connectivity index (χ2v) is 11.3. The van der Waals surface area contributed by atoms with Crippen LogP contribution in [0.4, 0.5) is 5.82 Å². The number of benzene rings is 3. The number of carbonyl (C=O) groups excluding carboxylic acids is 1. The molecule has 10 heteroatoms. The highest BCUT2D eigenvalue weighted by atomic mass is 16.5. The summed E-state index contributed by atoms with van der Waals surface area (Å²) in [6.07, 6.45) is 2.76. The number of nitrogen functional groups attached to an aromatic ring is 1. The molecule has 1 saturated heterocycles. The van der Waals surface area contributed by atoms with E-state index in [-0.39, 0.29) is 31.6 Å². The Morgan fingerprint density at radius 1 is 1.07 bits per heavy atom. The topological polar surface area (TPSA) is 125 Å². The van der Waals surface area contributed by atoms with Crippen LogP contribution in [0.3, 0.4) is 0 Å². The minimum absolute atomic E-state index is 0.0999. The molecule has 234 valence electrons. The molecule has 3 heterocycles. The van der Waals surface area contributed by atoms with Crippen LogP contribution in [-0.4, -0.2) is 70.7 Å². The first-order valence-electron chi connectivity index (χ1n) is 15.4. The number of rotatable bonds is 12. The summed E-state index contributed by atoms with van der Waals surface area (Å²) < 4.78 is 19.2. The molecule has 6 rings (SSSR count). The predicted molar refractivity (Wildman–Crippen MR) is 174 cm³/mol. The van der Waals surface area contributed by atoms with Crippen molar-refractivity contribution in [2.24, 2.45) is 0 Å². The molecule has 0 radical (unpaired) electrons. The predicted octanol–water partition coefficient (Wildman–Crippen LogP) is 4.90. The molecule has 1 atom stereocenters. The SMILES string of the molecule is CCOC(=O)Cc1cc(COC)ccc1OCc1c2cc(-c3cccc4c(N)nccc34)ccc2nn1[C@H]1CCN(CCO)C1. The van der Waals surface area contributed by atoms with Crippen LogP contribution < -0.4 is 10.5 Å². The first-order chi connectivity index (χ1) is 22.0. The molecule has 0 spiro atoms. The highest BCUT2D eigenvalue weighted by Gasteiger charge is 2.28. The number of anilines is 1. The van der Waals surface area contributed by atoms with Gasteiger partial charge in [-0.15, -0.1) is 0 Å². The lowest BCUT2D eigenvalue weighted by Crippen LogP contribution is -2.25. The average molecular weight is 610 g/mol. The minimum Gasteiger partial charge on any atom is -0.487 e. The number of carbonyl (C=O) groups is 1. The Hall–Kier alpha value is -4.51. The number of aliphatic hydroxyl groups excluding tert-OH is 1. The zero-order valence-corrected chi connectivity index (χ0v) is 25.7. The smallest absolute Gasteiger partial charge is 0.310 e. The first-order valence-corrected chi connectivity index (χ1v) is 15.4. The van der Waals surface area contributed by atoms with Crippen molar-refractivity contribution in [1.29, 1.82) is 0 Å². The van der Waals surface area contributed by atoms with Gasteiger partial charge in [0, 0.05) is 49.3 Å². The van der Waals surface area contributed by atoms with Gasteiger partial charge >= 0.3 is 5.97 Å². The lowest BCUT2D eigenvalue weighted by atomic mass is 9.97. The molecule has 0 bridgehead atoms. The number of aromatic nitrogens is 3. The summed E-state index contributed by atoms with van der Waals surface area (Å²) >= 11 is 0. The molecule has 1 fully saturated rings. The Morgan fingerprint density at radius 2 is 1.96 bits per heavy atom. The van der Waals surface area contributed by atoms with E-state index in [2.05, 4.69) is 38.8 Å². The molecule has 3 N–H and O–H groups in total. The van der Waals surface area contributed by atoms with Gasteiger partial charge in [-0.25, -0.2) is 4.98 Å². The molecule has 45 heavy (non-hydrogen) atoms. The molecular weight excluding hydrogens is 570 g/mol. The van der Waals surface area contributed by atoms with Crippen molar-refractivity contribution < 1.29 is 24.1 Å². The van der Waals surface area contributed by atoms with E-state index in [1.165, 1.54) is 0 Å². The van der Waals surface area contributed by atoms with E-state index in [1.807, 2.05) is 36.4 Å². The van der Waals surface area contributed by atoms with Crippen LogP contribution in [-0.2, 0) is 33.9 Å². The summed E-state index contributed by atoms with van der Waals surface area (Å²) in [6.45, 7) is 5.24. The molecule has 10 nitrogen and oxygen atoms in total. The van der Waals surface area contributed by atoms with E-state index in [9.17, 15) is 9.90 Å². The number of pyridine rings is 1. The third-order valence-electron chi connectivity index (χ3n) is 8.40. The van der Waals surface area contributed by atoms with Crippen LogP contribution in [0.25, 0.3) is 32.8 Å². The third-order valence-corrected chi connectivity index (χ3v) is 8.40. The fourth-order valence-electron chi connectivity index (χ4n) is 6.29. The van der Waals surface area contributed by atoms with Gasteiger partial charge in [0.25, 0.3) is 0 Å². The van der Waals surface area contributed by atoms with Gasteiger partial charge in [0.2, 0.25) is 0 Å². The van der Waals surface area contributed by atoms with Crippen LogP contribution in [0.1, 0.15) is 36.2 Å². The summed E-state index contributed by atoms with van der Waals surface area (Å²) in [5.41, 5.74) is 11.8. The monoisotopic (exact) mass is 609 g/mol. The normalized spacial score (nSPS) is 15.2. The Labute approximate surface area is 262 Å². The number of ether oxygens (including phenoxy) is 3. The van der Waals surface area contributed by atoms with Crippen molar-refractivity contribution >= 4 is 33.5 Å². The molecule has 5 aromatic rings. The Kier molecular flexibility index (Phi) is 9.25. The van der Waals surface area contributed by atoms with E-state index in [0.29, 0.717) is 31.3 Å². The number of esters is 1. The average Bonchev–Trinajstić information content (AvgIpc) is 3.65. The number of nitrogens with two attached hydrogens (primary N) is 1. The van der Waals surface area contributed by atoms with Crippen LogP contribution >= 0.6 is 0 Å². The Balaban J connectivity index is 1.40. The minimum atomic E-state index is -0.307. The van der Waals surface area contributed by atoms with E-state index in [1.54, 1.807) is 20.2 Å². The fourth-order valence-corrected chi connectivity index (χ4v) is 6.29. The number of hydrogen-bond acceptors (Lipinski definition) is 9. The highest BCUT2D eigenvalue weighted by Crippen LogP contribution is 2.35. The molecule has 1 aliphatic rings. The second kappa shape index (κ2) is 13.6. The van der Waals surface area contributed by atoms with Gasteiger partial charge in [-0.05, 0) is 65.8 Å². The van der Waals surface area contributed by atoms with Gasteiger partial charge < -0.3 is 25.1 Å². The number of fused-ring (bicyclic) bond motifs is 2. The van der Waals surface area contributed by atoms with Crippen LogP contribution in [0.2, 0.25) is 0 Å². The number of methoxy groups -OCH3 is 1. The van der Waals surface area contributed by atoms with Gasteiger partial charge in [-0.2, -0.15) is 5.10 Å². The maximum Gasteiger partial charge on any atom is 0.310 e. The van der Waals surface area contributed by atoms with E-state index < -0.39 is 0 Å². The molecule has 1 aliphatic heterocycles. The van der Waals surface area contributed by atoms with E-state index in [0.717, 1.165) is 69.1 Å². The molecule has 0 unspecified atom stereocenters. The number of likely N-dealkylation sites (tertiary alicyclic amines) is 1. The molecule has 2 aromatic heterocycles. The first kappa shape index (κ1) is 30.5. The summed E-state index contributed by atoms with van der Waals surface area (Å²) in [5.74, 6) is 0.810. The zero-order chi connectivity index (χ0) is 31.3. The summed E-state index contributed by atoms with van der Waals surface area (Å²) in [5, 5.41) is 17.5. The quantitative estimate of drug-likeness (QED) is 0.190.